The summed E-state index contributed by atoms with van der Waals surface area (Å²) in [6.07, 6.45) is 0.265. The fourth-order valence-electron chi connectivity index (χ4n) is 1.77. The molecule has 1 N–H and O–H groups in total. The molecule has 1 saturated heterocycles. The highest BCUT2D eigenvalue weighted by Gasteiger charge is 2.30. The zero-order chi connectivity index (χ0) is 11.5. The van der Waals surface area contributed by atoms with Crippen LogP contribution in [0.3, 0.4) is 0 Å². The molecule has 0 saturated carbocycles. The predicted octanol–water partition coefficient (Wildman–Crippen LogP) is 0.597. The maximum atomic E-state index is 9.10. The Morgan fingerprint density at radius 3 is 2.80 bits per heavy atom. The van der Waals surface area contributed by atoms with E-state index in [-0.39, 0.29) is 6.10 Å². The highest BCUT2D eigenvalue weighted by atomic mass is 16.5. The second kappa shape index (κ2) is 4.93. The molecule has 4 nitrogen and oxygen atoms in total. The van der Waals surface area contributed by atoms with Crippen LogP contribution >= 0.6 is 0 Å². The smallest absolute Gasteiger partial charge is 0.116 e. The van der Waals surface area contributed by atoms with Gasteiger partial charge in [0, 0.05) is 19.1 Å². The Bertz CT molecular complexity index is 251. The molecule has 3 atom stereocenters. The van der Waals surface area contributed by atoms with Gasteiger partial charge in [-0.15, -0.1) is 0 Å². The summed E-state index contributed by atoms with van der Waals surface area (Å²) >= 11 is 0. The monoisotopic (exact) mass is 211 g/mol. The molecular weight excluding hydrogens is 190 g/mol. The molecule has 0 aliphatic carbocycles. The van der Waals surface area contributed by atoms with E-state index >= 15 is 0 Å². The van der Waals surface area contributed by atoms with Gasteiger partial charge in [-0.05, 0) is 27.8 Å². The fourth-order valence-corrected chi connectivity index (χ4v) is 1.77. The molecule has 0 aromatic rings. The highest BCUT2D eigenvalue weighted by molar-refractivity contribution is 5.05. The molecule has 1 aliphatic rings. The number of hydrogen-bond acceptors (Lipinski definition) is 4. The van der Waals surface area contributed by atoms with Crippen molar-refractivity contribution in [2.45, 2.75) is 38.5 Å². The first kappa shape index (κ1) is 12.4. The van der Waals surface area contributed by atoms with Gasteiger partial charge in [0.25, 0.3) is 0 Å². The molecule has 4 heteroatoms. The van der Waals surface area contributed by atoms with Crippen LogP contribution in [0.25, 0.3) is 0 Å². The number of hydrogen-bond donors (Lipinski definition) is 1. The third kappa shape index (κ3) is 3.16. The number of ether oxygens (including phenoxy) is 1. The molecule has 15 heavy (non-hydrogen) atoms. The van der Waals surface area contributed by atoms with E-state index in [1.54, 1.807) is 0 Å². The van der Waals surface area contributed by atoms with Crippen LogP contribution < -0.4 is 5.32 Å². The zero-order valence-electron chi connectivity index (χ0n) is 10.1. The van der Waals surface area contributed by atoms with E-state index in [1.165, 1.54) is 0 Å². The molecule has 0 aromatic heterocycles. The molecule has 0 amide bonds. The maximum absolute atomic E-state index is 9.10. The van der Waals surface area contributed by atoms with Crippen molar-refractivity contribution in [1.29, 1.82) is 5.26 Å². The second-order valence-electron chi connectivity index (χ2n) is 4.62. The number of nitrogens with one attached hydrogen (secondary N) is 1. The lowest BCUT2D eigenvalue weighted by Gasteiger charge is -2.40. The Morgan fingerprint density at radius 2 is 2.27 bits per heavy atom. The van der Waals surface area contributed by atoms with Crippen molar-refractivity contribution in [2.75, 3.05) is 26.7 Å². The molecule has 0 aromatic carbocycles. The number of likely N-dealkylation sites (N-methyl/N-ethyl adjacent to an activating group) is 1. The van der Waals surface area contributed by atoms with Crippen molar-refractivity contribution in [3.8, 4) is 6.07 Å². The Hall–Kier alpha value is -0.630. The van der Waals surface area contributed by atoms with Gasteiger partial charge in [0.05, 0.1) is 18.8 Å². The van der Waals surface area contributed by atoms with Crippen LogP contribution in [0, 0.1) is 11.3 Å². The van der Waals surface area contributed by atoms with E-state index in [2.05, 4.69) is 30.1 Å². The summed E-state index contributed by atoms with van der Waals surface area (Å²) < 4.78 is 5.56. The van der Waals surface area contributed by atoms with Crippen molar-refractivity contribution in [1.82, 2.24) is 10.2 Å². The van der Waals surface area contributed by atoms with Crippen LogP contribution in [-0.2, 0) is 4.74 Å². The minimum Gasteiger partial charge on any atom is -0.376 e. The number of nitriles is 1. The van der Waals surface area contributed by atoms with Crippen LogP contribution in [0.1, 0.15) is 20.8 Å². The first-order valence-electron chi connectivity index (χ1n) is 5.46. The van der Waals surface area contributed by atoms with Gasteiger partial charge in [-0.3, -0.25) is 4.90 Å². The summed E-state index contributed by atoms with van der Waals surface area (Å²) in [7, 11) is 1.83. The molecule has 0 bridgehead atoms. The number of rotatable bonds is 3. The molecule has 86 valence electrons. The molecule has 1 rings (SSSR count). The first-order valence-corrected chi connectivity index (χ1v) is 5.46. The Kier molecular flexibility index (Phi) is 4.09. The van der Waals surface area contributed by atoms with Crippen molar-refractivity contribution >= 4 is 0 Å². The van der Waals surface area contributed by atoms with Crippen molar-refractivity contribution < 1.29 is 4.74 Å². The van der Waals surface area contributed by atoms with E-state index in [0.29, 0.717) is 6.04 Å². The summed E-state index contributed by atoms with van der Waals surface area (Å²) in [5, 5.41) is 12.2. The fraction of sp³-hybridized carbons (Fsp3) is 0.909. The van der Waals surface area contributed by atoms with Crippen molar-refractivity contribution in [3.05, 3.63) is 0 Å². The SMILES string of the molecule is CNC(C)(C#N)CN1CC(C)OCC1C. The van der Waals surface area contributed by atoms with Gasteiger partial charge in [0.2, 0.25) is 0 Å². The van der Waals surface area contributed by atoms with Crippen molar-refractivity contribution in [2.24, 2.45) is 0 Å². The van der Waals surface area contributed by atoms with Crippen LogP contribution in [0.15, 0.2) is 0 Å². The second-order valence-corrected chi connectivity index (χ2v) is 4.62. The largest absolute Gasteiger partial charge is 0.376 e. The van der Waals surface area contributed by atoms with E-state index in [9.17, 15) is 0 Å². The van der Waals surface area contributed by atoms with Gasteiger partial charge in [-0.2, -0.15) is 5.26 Å². The topological polar surface area (TPSA) is 48.3 Å². The third-order valence-corrected chi connectivity index (χ3v) is 3.05. The van der Waals surface area contributed by atoms with Gasteiger partial charge in [-0.1, -0.05) is 0 Å². The van der Waals surface area contributed by atoms with E-state index < -0.39 is 5.54 Å². The van der Waals surface area contributed by atoms with Crippen LogP contribution in [0.2, 0.25) is 0 Å². The maximum Gasteiger partial charge on any atom is 0.116 e. The lowest BCUT2D eigenvalue weighted by atomic mass is 10.0. The van der Waals surface area contributed by atoms with Crippen LogP contribution in [-0.4, -0.2) is 49.3 Å². The van der Waals surface area contributed by atoms with E-state index in [0.717, 1.165) is 19.7 Å². The molecule has 0 spiro atoms. The summed E-state index contributed by atoms with van der Waals surface area (Å²) in [6.45, 7) is 8.54. The lowest BCUT2D eigenvalue weighted by molar-refractivity contribution is -0.0540. The van der Waals surface area contributed by atoms with Gasteiger partial charge < -0.3 is 10.1 Å². The van der Waals surface area contributed by atoms with Gasteiger partial charge in [-0.25, -0.2) is 0 Å². The summed E-state index contributed by atoms with van der Waals surface area (Å²) in [4.78, 5) is 2.31. The molecule has 1 aliphatic heterocycles. The van der Waals surface area contributed by atoms with Crippen LogP contribution in [0.5, 0.6) is 0 Å². The minimum absolute atomic E-state index is 0.265. The Balaban J connectivity index is 2.59. The van der Waals surface area contributed by atoms with E-state index in [1.807, 2.05) is 14.0 Å². The Labute approximate surface area is 92.2 Å². The summed E-state index contributed by atoms with van der Waals surface area (Å²) in [5.41, 5.74) is -0.467. The average Bonchev–Trinajstić information content (AvgIpc) is 2.23. The summed E-state index contributed by atoms with van der Waals surface area (Å²) in [5.74, 6) is 0. The van der Waals surface area contributed by atoms with Crippen molar-refractivity contribution in [3.63, 3.8) is 0 Å². The number of nitrogens with zero attached hydrogens (tertiary/aromatic N) is 2. The van der Waals surface area contributed by atoms with Gasteiger partial charge in [0.1, 0.15) is 5.54 Å². The van der Waals surface area contributed by atoms with E-state index in [4.69, 9.17) is 10.00 Å². The molecule has 1 heterocycles. The predicted molar refractivity (Wildman–Crippen MR) is 59.5 cm³/mol. The van der Waals surface area contributed by atoms with Gasteiger partial charge in [0.15, 0.2) is 0 Å². The lowest BCUT2D eigenvalue weighted by Crippen LogP contribution is -2.56. The zero-order valence-corrected chi connectivity index (χ0v) is 10.1. The summed E-state index contributed by atoms with van der Waals surface area (Å²) in [6, 6.07) is 2.71. The molecule has 0 radical (unpaired) electrons. The molecule has 1 fully saturated rings. The van der Waals surface area contributed by atoms with Crippen LogP contribution in [0.4, 0.5) is 0 Å². The highest BCUT2D eigenvalue weighted by Crippen LogP contribution is 2.15. The van der Waals surface area contributed by atoms with Gasteiger partial charge >= 0.3 is 0 Å². The quantitative estimate of drug-likeness (QED) is 0.742. The standard InChI is InChI=1S/C11H21N3O/c1-9-6-15-10(2)5-14(9)8-11(3,7-12)13-4/h9-10,13H,5-6,8H2,1-4H3. The molecule has 3 unspecified atom stereocenters. The first-order chi connectivity index (χ1) is 7.00. The minimum atomic E-state index is -0.467. The Morgan fingerprint density at radius 1 is 1.60 bits per heavy atom. The average molecular weight is 211 g/mol. The normalized spacial score (nSPS) is 31.9. The molecular formula is C11H21N3O. The third-order valence-electron chi connectivity index (χ3n) is 3.05. The number of morpholine rings is 1.